The van der Waals surface area contributed by atoms with Crippen molar-refractivity contribution in [1.29, 1.82) is 0 Å². The third-order valence-electron chi connectivity index (χ3n) is 3.84. The van der Waals surface area contributed by atoms with E-state index in [4.69, 9.17) is 0 Å². The number of carbonyl (C=O) groups excluding carboxylic acids is 1. The van der Waals surface area contributed by atoms with Crippen LogP contribution in [0.2, 0.25) is 6.82 Å². The van der Waals surface area contributed by atoms with E-state index in [1.807, 2.05) is 25.8 Å². The van der Waals surface area contributed by atoms with Crippen molar-refractivity contribution in [2.45, 2.75) is 58.7 Å². The van der Waals surface area contributed by atoms with Gasteiger partial charge in [-0.3, -0.25) is 4.79 Å². The van der Waals surface area contributed by atoms with Crippen molar-refractivity contribution in [2.24, 2.45) is 5.92 Å². The second-order valence-corrected chi connectivity index (χ2v) is 5.08. The van der Waals surface area contributed by atoms with Gasteiger partial charge in [-0.1, -0.05) is 19.0 Å². The molecule has 0 N–H and O–H groups in total. The van der Waals surface area contributed by atoms with E-state index in [0.717, 1.165) is 44.2 Å². The number of ketones is 1. The second kappa shape index (κ2) is 6.16. The van der Waals surface area contributed by atoms with Crippen LogP contribution in [-0.4, -0.2) is 28.1 Å². The number of fused-ring (bicyclic) bond motifs is 1. The van der Waals surface area contributed by atoms with Crippen molar-refractivity contribution >= 4 is 13.2 Å². The highest BCUT2D eigenvalue weighted by atomic mass is 16.1. The highest BCUT2D eigenvalue weighted by molar-refractivity contribution is 6.31. The molecule has 1 aromatic heterocycles. The van der Waals surface area contributed by atoms with Gasteiger partial charge in [-0.25, -0.2) is 0 Å². The Bertz CT molecular complexity index is 416. The molecule has 1 atom stereocenters. The van der Waals surface area contributed by atoms with Gasteiger partial charge in [-0.2, -0.15) is 0 Å². The maximum absolute atomic E-state index is 11.6. The summed E-state index contributed by atoms with van der Waals surface area (Å²) in [6.07, 6.45) is 6.77. The normalized spacial score (nSPS) is 19.8. The molecule has 1 aliphatic carbocycles. The molecule has 18 heavy (non-hydrogen) atoms. The first-order valence-corrected chi connectivity index (χ1v) is 6.98. The highest BCUT2D eigenvalue weighted by Gasteiger charge is 2.20. The lowest BCUT2D eigenvalue weighted by Gasteiger charge is -2.19. The van der Waals surface area contributed by atoms with Crippen molar-refractivity contribution in [1.82, 2.24) is 14.9 Å². The predicted molar refractivity (Wildman–Crippen MR) is 71.7 cm³/mol. The summed E-state index contributed by atoms with van der Waals surface area (Å²) in [5.41, 5.74) is 2.39. The number of Topliss-reactive ketones (excluding diaryl/α,β-unsaturated/α-hetero) is 1. The van der Waals surface area contributed by atoms with E-state index in [2.05, 4.69) is 10.3 Å². The second-order valence-electron chi connectivity index (χ2n) is 5.08. The lowest BCUT2D eigenvalue weighted by Crippen LogP contribution is -2.15. The number of aryl methyl sites for hydroxylation is 1. The monoisotopic (exact) mass is 246 g/mol. The summed E-state index contributed by atoms with van der Waals surface area (Å²) >= 11 is 0. The summed E-state index contributed by atoms with van der Waals surface area (Å²) in [5.74, 6) is 0.945. The molecule has 0 spiro atoms. The minimum Gasteiger partial charge on any atom is -0.301 e. The smallest absolute Gasteiger partial charge is 0.278 e. The standard InChI is InChI=1S/C13H21BN3O/c1-3-11(18)9-10-5-4-6-12-13(8-7-10)17(14-2)16-15-12/h10H,3-9H2,1-2H3. The van der Waals surface area contributed by atoms with Crippen LogP contribution in [0, 0.1) is 5.92 Å². The largest absolute Gasteiger partial charge is 0.301 e. The summed E-state index contributed by atoms with van der Waals surface area (Å²) in [4.78, 5) is 11.6. The van der Waals surface area contributed by atoms with Gasteiger partial charge >= 0.3 is 0 Å². The SMILES string of the molecule is C[B]n1nnc2c1CCC(CC(=O)CC)CCC2. The summed E-state index contributed by atoms with van der Waals surface area (Å²) in [5, 5.41) is 8.39. The molecule has 0 bridgehead atoms. The highest BCUT2D eigenvalue weighted by Crippen LogP contribution is 2.25. The minimum atomic E-state index is 0.398. The van der Waals surface area contributed by atoms with Crippen LogP contribution in [0.25, 0.3) is 0 Å². The zero-order chi connectivity index (χ0) is 13.0. The van der Waals surface area contributed by atoms with Crippen LogP contribution in [0.5, 0.6) is 0 Å². The van der Waals surface area contributed by atoms with Crippen molar-refractivity contribution in [3.63, 3.8) is 0 Å². The van der Waals surface area contributed by atoms with E-state index >= 15 is 0 Å². The van der Waals surface area contributed by atoms with Gasteiger partial charge in [-0.15, -0.1) is 5.10 Å². The molecule has 5 heteroatoms. The molecule has 1 heterocycles. The maximum Gasteiger partial charge on any atom is 0.278 e. The first-order chi connectivity index (χ1) is 8.74. The number of nitrogens with zero attached hydrogens (tertiary/aromatic N) is 3. The Morgan fingerprint density at radius 3 is 3.00 bits per heavy atom. The number of rotatable bonds is 4. The Balaban J connectivity index is 2.03. The summed E-state index contributed by atoms with van der Waals surface area (Å²) in [6, 6.07) is 0. The molecule has 0 saturated carbocycles. The van der Waals surface area contributed by atoms with E-state index in [1.54, 1.807) is 0 Å². The van der Waals surface area contributed by atoms with E-state index in [-0.39, 0.29) is 0 Å². The van der Waals surface area contributed by atoms with Crippen LogP contribution < -0.4 is 0 Å². The van der Waals surface area contributed by atoms with Crippen LogP contribution in [0.3, 0.4) is 0 Å². The molecule has 1 aliphatic rings. The molecular weight excluding hydrogens is 225 g/mol. The number of carbonyl (C=O) groups is 1. The summed E-state index contributed by atoms with van der Waals surface area (Å²) in [6.45, 7) is 3.93. The van der Waals surface area contributed by atoms with Gasteiger partial charge in [0.05, 0.1) is 5.69 Å². The molecule has 0 aromatic carbocycles. The van der Waals surface area contributed by atoms with Crippen LogP contribution in [0.4, 0.5) is 0 Å². The molecule has 97 valence electrons. The van der Waals surface area contributed by atoms with Crippen LogP contribution in [-0.2, 0) is 17.6 Å². The molecule has 4 nitrogen and oxygen atoms in total. The van der Waals surface area contributed by atoms with E-state index < -0.39 is 0 Å². The van der Waals surface area contributed by atoms with Gasteiger partial charge in [-0.05, 0) is 38.0 Å². The Morgan fingerprint density at radius 2 is 2.28 bits per heavy atom. The number of aromatic nitrogens is 3. The van der Waals surface area contributed by atoms with Gasteiger partial charge in [0.1, 0.15) is 5.78 Å². The first-order valence-electron chi connectivity index (χ1n) is 6.98. The Hall–Kier alpha value is -1.13. The quantitative estimate of drug-likeness (QED) is 0.764. The molecule has 1 radical (unpaired) electrons. The zero-order valence-electron chi connectivity index (χ0n) is 11.4. The minimum absolute atomic E-state index is 0.398. The van der Waals surface area contributed by atoms with Gasteiger partial charge < -0.3 is 4.59 Å². The van der Waals surface area contributed by atoms with E-state index in [0.29, 0.717) is 18.1 Å². The lowest BCUT2D eigenvalue weighted by molar-refractivity contribution is -0.119. The molecule has 0 saturated heterocycles. The zero-order valence-corrected chi connectivity index (χ0v) is 11.4. The van der Waals surface area contributed by atoms with Gasteiger partial charge in [0.15, 0.2) is 0 Å². The molecule has 1 unspecified atom stereocenters. The number of hydrogen-bond acceptors (Lipinski definition) is 3. The molecule has 0 aliphatic heterocycles. The fourth-order valence-corrected chi connectivity index (χ4v) is 2.72. The Labute approximate surface area is 109 Å². The van der Waals surface area contributed by atoms with Crippen molar-refractivity contribution in [3.8, 4) is 0 Å². The van der Waals surface area contributed by atoms with E-state index in [9.17, 15) is 4.79 Å². The average molecular weight is 246 g/mol. The third-order valence-corrected chi connectivity index (χ3v) is 3.84. The molecule has 0 fully saturated rings. The summed E-state index contributed by atoms with van der Waals surface area (Å²) in [7, 11) is 1.96. The van der Waals surface area contributed by atoms with Gasteiger partial charge in [0.2, 0.25) is 0 Å². The molecule has 2 rings (SSSR count). The predicted octanol–water partition coefficient (Wildman–Crippen LogP) is 2.05. The van der Waals surface area contributed by atoms with Gasteiger partial charge in [0.25, 0.3) is 7.41 Å². The molecule has 1 aromatic rings. The molecule has 0 amide bonds. The fourth-order valence-electron chi connectivity index (χ4n) is 2.72. The van der Waals surface area contributed by atoms with E-state index in [1.165, 1.54) is 5.69 Å². The average Bonchev–Trinajstić information content (AvgIpc) is 2.74. The summed E-state index contributed by atoms with van der Waals surface area (Å²) < 4.78 is 1.89. The number of hydrogen-bond donors (Lipinski definition) is 0. The van der Waals surface area contributed by atoms with Crippen LogP contribution >= 0.6 is 0 Å². The maximum atomic E-state index is 11.6. The lowest BCUT2D eigenvalue weighted by atomic mass is 9.86. The first kappa shape index (κ1) is 13.3. The topological polar surface area (TPSA) is 47.8 Å². The van der Waals surface area contributed by atoms with Crippen molar-refractivity contribution in [2.75, 3.05) is 0 Å². The van der Waals surface area contributed by atoms with Crippen molar-refractivity contribution < 1.29 is 4.79 Å². The van der Waals surface area contributed by atoms with Crippen molar-refractivity contribution in [3.05, 3.63) is 11.4 Å². The fraction of sp³-hybridized carbons (Fsp3) is 0.769. The van der Waals surface area contributed by atoms with Crippen LogP contribution in [0.15, 0.2) is 0 Å². The van der Waals surface area contributed by atoms with Crippen LogP contribution in [0.1, 0.15) is 50.4 Å². The molecular formula is C13H21BN3O. The Kier molecular flexibility index (Phi) is 4.56. The third kappa shape index (κ3) is 3.00. The Morgan fingerprint density at radius 1 is 1.44 bits per heavy atom. The van der Waals surface area contributed by atoms with Gasteiger partial charge in [0, 0.05) is 18.5 Å².